The quantitative estimate of drug-likeness (QED) is 0.717. The first-order valence-corrected chi connectivity index (χ1v) is 10.6. The van der Waals surface area contributed by atoms with Gasteiger partial charge in [0.15, 0.2) is 11.5 Å². The first-order valence-electron chi connectivity index (χ1n) is 10.6. The van der Waals surface area contributed by atoms with Crippen molar-refractivity contribution >= 4 is 17.4 Å². The third-order valence-corrected chi connectivity index (χ3v) is 6.32. The van der Waals surface area contributed by atoms with Gasteiger partial charge >= 0.3 is 0 Å². The van der Waals surface area contributed by atoms with Gasteiger partial charge in [-0.15, -0.1) is 0 Å². The highest BCUT2D eigenvalue weighted by Gasteiger charge is 2.35. The summed E-state index contributed by atoms with van der Waals surface area (Å²) in [5.41, 5.74) is 9.61. The van der Waals surface area contributed by atoms with Gasteiger partial charge in [0.05, 0.1) is 29.7 Å². The average Bonchev–Trinajstić information content (AvgIpc) is 2.98. The molecule has 2 aromatic rings. The summed E-state index contributed by atoms with van der Waals surface area (Å²) in [6.45, 7) is 6.16. The van der Waals surface area contributed by atoms with Crippen LogP contribution in [0.3, 0.4) is 0 Å². The minimum atomic E-state index is -0.614. The molecule has 0 aliphatic heterocycles. The molecule has 2 aromatic heterocycles. The Morgan fingerprint density at radius 1 is 1.30 bits per heavy atom. The zero-order chi connectivity index (χ0) is 21.6. The first kappa shape index (κ1) is 20.6. The number of nitrogens with one attached hydrogen (secondary N) is 1. The Morgan fingerprint density at radius 2 is 2.03 bits per heavy atom. The molecule has 7 nitrogen and oxygen atoms in total. The topological polar surface area (TPSA) is 110 Å². The van der Waals surface area contributed by atoms with Crippen LogP contribution in [-0.4, -0.2) is 38.5 Å². The third kappa shape index (κ3) is 3.74. The van der Waals surface area contributed by atoms with Gasteiger partial charge in [0.1, 0.15) is 0 Å². The van der Waals surface area contributed by atoms with Crippen LogP contribution >= 0.6 is 0 Å². The number of nitrogens with zero attached hydrogens (tertiary/aromatic N) is 2. The number of rotatable bonds is 4. The van der Waals surface area contributed by atoms with Crippen LogP contribution in [0.5, 0.6) is 0 Å². The molecule has 0 aromatic carbocycles. The molecule has 2 aliphatic carbocycles. The number of aromatic nitrogens is 2. The van der Waals surface area contributed by atoms with E-state index in [9.17, 15) is 14.7 Å². The molecule has 0 bridgehead atoms. The number of nitrogens with two attached hydrogens (primary N) is 1. The van der Waals surface area contributed by atoms with Gasteiger partial charge in [0.2, 0.25) is 0 Å². The predicted octanol–water partition coefficient (Wildman–Crippen LogP) is 3.15. The Kier molecular flexibility index (Phi) is 5.18. The highest BCUT2D eigenvalue weighted by atomic mass is 16.3. The minimum Gasteiger partial charge on any atom is -0.391 e. The van der Waals surface area contributed by atoms with Crippen molar-refractivity contribution < 1.29 is 14.7 Å². The number of fused-ring (bicyclic) bond motifs is 1. The summed E-state index contributed by atoms with van der Waals surface area (Å²) in [5, 5.41) is 13.7. The van der Waals surface area contributed by atoms with Crippen LogP contribution in [0.4, 0.5) is 5.69 Å². The van der Waals surface area contributed by atoms with Gasteiger partial charge in [0.25, 0.3) is 5.91 Å². The van der Waals surface area contributed by atoms with Gasteiger partial charge in [-0.25, -0.2) is 4.98 Å². The fourth-order valence-corrected chi connectivity index (χ4v) is 4.88. The maximum absolute atomic E-state index is 12.7. The number of ketones is 1. The number of aryl methyl sites for hydroxylation is 1. The van der Waals surface area contributed by atoms with Crippen LogP contribution in [0.2, 0.25) is 0 Å². The lowest BCUT2D eigenvalue weighted by Crippen LogP contribution is -2.37. The number of carbonyl (C=O) groups is 2. The second-order valence-electron chi connectivity index (χ2n) is 9.50. The lowest BCUT2D eigenvalue weighted by molar-refractivity contribution is 0.0909. The van der Waals surface area contributed by atoms with Crippen LogP contribution in [0.15, 0.2) is 18.5 Å². The molecule has 2 aliphatic rings. The molecule has 160 valence electrons. The van der Waals surface area contributed by atoms with Crippen LogP contribution < -0.4 is 11.1 Å². The summed E-state index contributed by atoms with van der Waals surface area (Å²) < 4.78 is 2.00. The number of primary amides is 1. The van der Waals surface area contributed by atoms with Gasteiger partial charge in [0, 0.05) is 23.9 Å². The average molecular weight is 411 g/mol. The van der Waals surface area contributed by atoms with Crippen molar-refractivity contribution in [2.75, 3.05) is 5.32 Å². The normalized spacial score (nSPS) is 23.1. The summed E-state index contributed by atoms with van der Waals surface area (Å²) in [6.07, 6.45) is 8.01. The standard InChI is InChI=1S/C23H30N4O3/c1-13-12-27(17-9-23(2,3)10-19(29)20(13)17)14-8-16(21(22(24)30)25-11-14)26-15-6-4-5-7-18(15)28/h8,11-12,15,18,26,28H,4-7,9-10H2,1-3H3,(H2,24,30)/t15-,18-/m0/s1. The molecule has 0 spiro atoms. The first-order chi connectivity index (χ1) is 14.2. The summed E-state index contributed by atoms with van der Waals surface area (Å²) in [6, 6.07) is 1.70. The molecular formula is C23H30N4O3. The third-order valence-electron chi connectivity index (χ3n) is 6.32. The van der Waals surface area contributed by atoms with Crippen molar-refractivity contribution in [2.24, 2.45) is 11.1 Å². The van der Waals surface area contributed by atoms with E-state index in [-0.39, 0.29) is 22.9 Å². The Morgan fingerprint density at radius 3 is 2.73 bits per heavy atom. The fraction of sp³-hybridized carbons (Fsp3) is 0.522. The van der Waals surface area contributed by atoms with E-state index in [4.69, 9.17) is 5.73 Å². The Labute approximate surface area is 176 Å². The van der Waals surface area contributed by atoms with E-state index >= 15 is 0 Å². The Hall–Kier alpha value is -2.67. The number of carbonyl (C=O) groups excluding carboxylic acids is 2. The monoisotopic (exact) mass is 410 g/mol. The molecule has 0 unspecified atom stereocenters. The minimum absolute atomic E-state index is 0.111. The molecule has 1 fully saturated rings. The number of pyridine rings is 1. The van der Waals surface area contributed by atoms with Gasteiger partial charge in [-0.1, -0.05) is 26.7 Å². The second-order valence-corrected chi connectivity index (χ2v) is 9.50. The maximum Gasteiger partial charge on any atom is 0.269 e. The van der Waals surface area contributed by atoms with Crippen LogP contribution in [0, 0.1) is 12.3 Å². The maximum atomic E-state index is 12.7. The number of anilines is 1. The van der Waals surface area contributed by atoms with Crippen LogP contribution in [0.25, 0.3) is 5.69 Å². The molecule has 2 atom stereocenters. The Bertz CT molecular complexity index is 1010. The summed E-state index contributed by atoms with van der Waals surface area (Å²) in [7, 11) is 0. The molecule has 7 heteroatoms. The summed E-state index contributed by atoms with van der Waals surface area (Å²) >= 11 is 0. The summed E-state index contributed by atoms with van der Waals surface area (Å²) in [4.78, 5) is 29.0. The zero-order valence-electron chi connectivity index (χ0n) is 17.9. The van der Waals surface area contributed by atoms with Crippen molar-refractivity contribution in [1.82, 2.24) is 9.55 Å². The van der Waals surface area contributed by atoms with Crippen LogP contribution in [0.1, 0.15) is 78.1 Å². The van der Waals surface area contributed by atoms with Crippen LogP contribution in [-0.2, 0) is 6.42 Å². The van der Waals surface area contributed by atoms with E-state index in [2.05, 4.69) is 24.1 Å². The molecule has 4 N–H and O–H groups in total. The second kappa shape index (κ2) is 7.54. The molecule has 2 heterocycles. The summed E-state index contributed by atoms with van der Waals surface area (Å²) in [5.74, 6) is -0.445. The van der Waals surface area contributed by atoms with Gasteiger partial charge < -0.3 is 20.7 Å². The largest absolute Gasteiger partial charge is 0.391 e. The number of Topliss-reactive ketones (excluding diaryl/α,β-unsaturated/α-hetero) is 1. The number of hydrogen-bond acceptors (Lipinski definition) is 5. The predicted molar refractivity (Wildman–Crippen MR) is 115 cm³/mol. The molecule has 0 radical (unpaired) electrons. The van der Waals surface area contributed by atoms with Crippen molar-refractivity contribution in [3.05, 3.63) is 41.0 Å². The lowest BCUT2D eigenvalue weighted by atomic mass is 9.75. The molecule has 4 rings (SSSR count). The van der Waals surface area contributed by atoms with E-state index in [0.29, 0.717) is 12.1 Å². The van der Waals surface area contributed by atoms with E-state index in [1.54, 1.807) is 6.20 Å². The van der Waals surface area contributed by atoms with E-state index < -0.39 is 12.0 Å². The fourth-order valence-electron chi connectivity index (χ4n) is 4.88. The molecular weight excluding hydrogens is 380 g/mol. The van der Waals surface area contributed by atoms with Crippen molar-refractivity contribution in [1.29, 1.82) is 0 Å². The highest BCUT2D eigenvalue weighted by molar-refractivity contribution is 6.00. The van der Waals surface area contributed by atoms with Gasteiger partial charge in [-0.2, -0.15) is 0 Å². The number of aliphatic hydroxyl groups excluding tert-OH is 1. The van der Waals surface area contributed by atoms with E-state index in [1.165, 1.54) is 0 Å². The lowest BCUT2D eigenvalue weighted by Gasteiger charge is -2.31. The number of hydrogen-bond donors (Lipinski definition) is 3. The molecule has 1 saturated carbocycles. The van der Waals surface area contributed by atoms with Crippen molar-refractivity contribution in [2.45, 2.75) is 71.4 Å². The molecule has 1 amide bonds. The molecule has 0 saturated heterocycles. The number of aliphatic hydroxyl groups is 1. The molecule has 30 heavy (non-hydrogen) atoms. The SMILES string of the molecule is Cc1cn(-c2cnc(C(N)=O)c(N[C@H]3CCCC[C@@H]3O)c2)c2c1C(=O)CC(C)(C)C2. The Balaban J connectivity index is 1.77. The van der Waals surface area contributed by atoms with Crippen molar-refractivity contribution in [3.8, 4) is 5.69 Å². The van der Waals surface area contributed by atoms with E-state index in [0.717, 1.165) is 54.6 Å². The number of amides is 1. The zero-order valence-corrected chi connectivity index (χ0v) is 17.9. The van der Waals surface area contributed by atoms with Gasteiger partial charge in [-0.05, 0) is 43.2 Å². The van der Waals surface area contributed by atoms with Gasteiger partial charge in [-0.3, -0.25) is 9.59 Å². The highest BCUT2D eigenvalue weighted by Crippen LogP contribution is 2.38. The van der Waals surface area contributed by atoms with E-state index in [1.807, 2.05) is 23.8 Å². The smallest absolute Gasteiger partial charge is 0.269 e. The van der Waals surface area contributed by atoms with Crippen molar-refractivity contribution in [3.63, 3.8) is 0 Å².